The van der Waals surface area contributed by atoms with Gasteiger partial charge in [-0.25, -0.2) is 13.9 Å². The van der Waals surface area contributed by atoms with Gasteiger partial charge in [0, 0.05) is 12.0 Å². The number of rotatable bonds is 7. The van der Waals surface area contributed by atoms with Gasteiger partial charge < -0.3 is 10.2 Å². The van der Waals surface area contributed by atoms with Crippen molar-refractivity contribution in [1.82, 2.24) is 30.6 Å². The SMILES string of the molecule is CC(C)c1ccc(C(NC(=O)[C@@H]2C[C@@H](F)CN2C(=O)Cc2cn[nH]n2)C2=NC=[N+]3C=CC=CC23)nc1F. The van der Waals surface area contributed by atoms with Crippen LogP contribution in [0.15, 0.2) is 47.7 Å². The third kappa shape index (κ3) is 4.95. The molecule has 1 saturated heterocycles. The van der Waals surface area contributed by atoms with Gasteiger partial charge in [-0.1, -0.05) is 31.0 Å². The summed E-state index contributed by atoms with van der Waals surface area (Å²) in [6.07, 6.45) is 8.87. The lowest BCUT2D eigenvalue weighted by Crippen LogP contribution is -2.49. The Morgan fingerprint density at radius 1 is 1.30 bits per heavy atom. The second kappa shape index (κ2) is 10.1. The van der Waals surface area contributed by atoms with E-state index >= 15 is 0 Å². The van der Waals surface area contributed by atoms with Gasteiger partial charge in [-0.2, -0.15) is 19.8 Å². The Morgan fingerprint density at radius 2 is 2.14 bits per heavy atom. The Labute approximate surface area is 211 Å². The predicted octanol–water partition coefficient (Wildman–Crippen LogP) is 1.75. The van der Waals surface area contributed by atoms with Gasteiger partial charge in [0.05, 0.1) is 36.8 Å². The number of carbonyl (C=O) groups excluding carboxylic acids is 2. The molecule has 0 aliphatic carbocycles. The normalized spacial score (nSPS) is 23.2. The Kier molecular flexibility index (Phi) is 6.72. The van der Waals surface area contributed by atoms with Gasteiger partial charge in [0.25, 0.3) is 6.34 Å². The first-order valence-corrected chi connectivity index (χ1v) is 12.1. The van der Waals surface area contributed by atoms with Crippen LogP contribution in [-0.4, -0.2) is 78.5 Å². The van der Waals surface area contributed by atoms with E-state index < -0.39 is 36.0 Å². The highest BCUT2D eigenvalue weighted by Gasteiger charge is 2.44. The maximum absolute atomic E-state index is 14.9. The third-order valence-electron chi connectivity index (χ3n) is 6.70. The zero-order valence-corrected chi connectivity index (χ0v) is 20.4. The highest BCUT2D eigenvalue weighted by Crippen LogP contribution is 2.27. The zero-order chi connectivity index (χ0) is 26.1. The molecule has 10 nitrogen and oxygen atoms in total. The average Bonchev–Trinajstić information content (AvgIpc) is 3.62. The predicted molar refractivity (Wildman–Crippen MR) is 130 cm³/mol. The smallest absolute Gasteiger partial charge is 0.287 e. The summed E-state index contributed by atoms with van der Waals surface area (Å²) < 4.78 is 31.2. The Morgan fingerprint density at radius 3 is 2.86 bits per heavy atom. The topological polar surface area (TPSA) is 119 Å². The van der Waals surface area contributed by atoms with E-state index in [-0.39, 0.29) is 37.0 Å². The zero-order valence-electron chi connectivity index (χ0n) is 20.4. The number of H-pyrrole nitrogens is 1. The summed E-state index contributed by atoms with van der Waals surface area (Å²) in [5.41, 5.74) is 1.65. The number of fused-ring (bicyclic) bond motifs is 1. The second-order valence-electron chi connectivity index (χ2n) is 9.53. The van der Waals surface area contributed by atoms with E-state index in [1.807, 2.05) is 42.9 Å². The minimum absolute atomic E-state index is 0.0714. The molecule has 0 spiro atoms. The second-order valence-corrected chi connectivity index (χ2v) is 9.53. The number of hydrogen-bond donors (Lipinski definition) is 2. The molecule has 37 heavy (non-hydrogen) atoms. The monoisotopic (exact) mass is 509 g/mol. The molecular formula is C25H27F2N8O2+. The van der Waals surface area contributed by atoms with Crippen LogP contribution in [0.3, 0.4) is 0 Å². The molecule has 2 unspecified atom stereocenters. The molecule has 1 fully saturated rings. The van der Waals surface area contributed by atoms with Crippen LogP contribution in [0.25, 0.3) is 0 Å². The molecule has 5 rings (SSSR count). The molecule has 0 aromatic carbocycles. The number of likely N-dealkylation sites (tertiary alicyclic amines) is 1. The number of halogens is 2. The van der Waals surface area contributed by atoms with Crippen molar-refractivity contribution in [3.63, 3.8) is 0 Å². The average molecular weight is 510 g/mol. The first kappa shape index (κ1) is 24.6. The minimum Gasteiger partial charge on any atom is -0.338 e. The maximum Gasteiger partial charge on any atom is 0.287 e. The number of hydrogen-bond acceptors (Lipinski definition) is 6. The number of aromatic nitrogens is 4. The Hall–Kier alpha value is -4.09. The lowest BCUT2D eigenvalue weighted by Gasteiger charge is -2.26. The Balaban J connectivity index is 1.42. The fourth-order valence-corrected chi connectivity index (χ4v) is 4.79. The quantitative estimate of drug-likeness (QED) is 0.435. The van der Waals surface area contributed by atoms with E-state index in [1.54, 1.807) is 18.5 Å². The first-order valence-electron chi connectivity index (χ1n) is 12.1. The van der Waals surface area contributed by atoms with Crippen LogP contribution in [0.1, 0.15) is 49.2 Å². The van der Waals surface area contributed by atoms with Crippen LogP contribution < -0.4 is 5.32 Å². The van der Waals surface area contributed by atoms with Crippen molar-refractivity contribution < 1.29 is 22.9 Å². The van der Waals surface area contributed by atoms with Crippen molar-refractivity contribution in [3.05, 3.63) is 65.7 Å². The summed E-state index contributed by atoms with van der Waals surface area (Å²) in [6, 6.07) is 1.08. The number of pyridine rings is 1. The summed E-state index contributed by atoms with van der Waals surface area (Å²) >= 11 is 0. The van der Waals surface area contributed by atoms with Crippen LogP contribution in [0.5, 0.6) is 0 Å². The largest absolute Gasteiger partial charge is 0.338 e. The van der Waals surface area contributed by atoms with Crippen molar-refractivity contribution in [1.29, 1.82) is 0 Å². The van der Waals surface area contributed by atoms with Crippen LogP contribution in [0.2, 0.25) is 0 Å². The molecule has 0 saturated carbocycles. The van der Waals surface area contributed by atoms with Crippen LogP contribution >= 0.6 is 0 Å². The molecule has 3 aliphatic rings. The lowest BCUT2D eigenvalue weighted by atomic mass is 9.97. The fraction of sp³-hybridized carbons (Fsp3) is 0.400. The third-order valence-corrected chi connectivity index (χ3v) is 6.70. The molecule has 2 aromatic heterocycles. The summed E-state index contributed by atoms with van der Waals surface area (Å²) in [7, 11) is 0. The molecule has 2 N–H and O–H groups in total. The van der Waals surface area contributed by atoms with Gasteiger partial charge in [0.2, 0.25) is 23.5 Å². The molecule has 5 heterocycles. The van der Waals surface area contributed by atoms with Gasteiger partial charge in [0.15, 0.2) is 6.04 Å². The molecule has 4 atom stereocenters. The summed E-state index contributed by atoms with van der Waals surface area (Å²) in [6.45, 7) is 3.53. The number of nitrogens with one attached hydrogen (secondary N) is 2. The molecular weight excluding hydrogens is 482 g/mol. The number of carbonyl (C=O) groups is 2. The Bertz CT molecular complexity index is 1320. The highest BCUT2D eigenvalue weighted by atomic mass is 19.1. The van der Waals surface area contributed by atoms with Crippen molar-refractivity contribution in [2.75, 3.05) is 6.54 Å². The molecule has 2 amide bonds. The highest BCUT2D eigenvalue weighted by molar-refractivity contribution is 6.03. The number of alkyl halides is 1. The van der Waals surface area contributed by atoms with Crippen LogP contribution in [0, 0.1) is 5.95 Å². The number of aromatic amines is 1. The van der Waals surface area contributed by atoms with E-state index in [4.69, 9.17) is 0 Å². The molecule has 0 radical (unpaired) electrons. The number of aliphatic imine (C=N–C) groups is 1. The summed E-state index contributed by atoms with van der Waals surface area (Å²) in [4.78, 5) is 36.3. The molecule has 0 bridgehead atoms. The van der Waals surface area contributed by atoms with Crippen molar-refractivity contribution in [2.45, 2.75) is 56.9 Å². The van der Waals surface area contributed by atoms with Crippen LogP contribution in [0.4, 0.5) is 8.78 Å². The van der Waals surface area contributed by atoms with E-state index in [2.05, 4.69) is 30.7 Å². The molecule has 192 valence electrons. The molecule has 2 aromatic rings. The minimum atomic E-state index is -1.35. The van der Waals surface area contributed by atoms with Crippen molar-refractivity contribution >= 4 is 23.9 Å². The standard InChI is InChI=1S/C25H26F2N8O2/c1-14(2)17-6-7-18(30-24(17)27)22(23-19-5-3-4-8-34(19)13-28-23)31-25(37)20-9-15(26)12-35(20)21(36)10-16-11-29-33-32-16/h3-8,11,13-15,19-20,22H,9-10,12H2,1-2H3,(H-,29,31,32,33,37)/p+1/t15-,19?,20+,22?/m1/s1. The van der Waals surface area contributed by atoms with Crippen LogP contribution in [-0.2, 0) is 16.0 Å². The maximum atomic E-state index is 14.9. The van der Waals surface area contributed by atoms with Gasteiger partial charge in [0.1, 0.15) is 18.3 Å². The van der Waals surface area contributed by atoms with Gasteiger partial charge >= 0.3 is 0 Å². The van der Waals surface area contributed by atoms with Gasteiger partial charge in [-0.3, -0.25) is 9.59 Å². The van der Waals surface area contributed by atoms with Gasteiger partial charge in [-0.15, -0.1) is 0 Å². The number of allylic oxidation sites excluding steroid dienone is 2. The molecule has 12 heteroatoms. The van der Waals surface area contributed by atoms with E-state index in [0.29, 0.717) is 17.0 Å². The summed E-state index contributed by atoms with van der Waals surface area (Å²) in [5.74, 6) is -1.70. The first-order chi connectivity index (χ1) is 17.8. The summed E-state index contributed by atoms with van der Waals surface area (Å²) in [5, 5.41) is 12.9. The van der Waals surface area contributed by atoms with Crippen molar-refractivity contribution in [2.24, 2.45) is 4.99 Å². The number of nitrogens with zero attached hydrogens (tertiary/aromatic N) is 6. The fourth-order valence-electron chi connectivity index (χ4n) is 4.79. The number of amides is 2. The lowest BCUT2D eigenvalue weighted by molar-refractivity contribution is -0.461. The van der Waals surface area contributed by atoms with E-state index in [1.165, 1.54) is 11.1 Å². The van der Waals surface area contributed by atoms with Crippen molar-refractivity contribution in [3.8, 4) is 0 Å². The van der Waals surface area contributed by atoms with E-state index in [9.17, 15) is 18.4 Å². The van der Waals surface area contributed by atoms with Gasteiger partial charge in [-0.05, 0) is 24.1 Å². The van der Waals surface area contributed by atoms with E-state index in [0.717, 1.165) is 0 Å². The molecule has 3 aliphatic heterocycles.